The summed E-state index contributed by atoms with van der Waals surface area (Å²) in [6.45, 7) is 3.86. The number of ether oxygens (including phenoxy) is 1. The number of hydrogen-bond donors (Lipinski definition) is 0. The summed E-state index contributed by atoms with van der Waals surface area (Å²) in [5.41, 5.74) is 0. The Morgan fingerprint density at radius 1 is 1.55 bits per heavy atom. The van der Waals surface area contributed by atoms with Crippen LogP contribution in [-0.2, 0) is 4.74 Å². The molecule has 0 aromatic rings. The van der Waals surface area contributed by atoms with Gasteiger partial charge in [0, 0.05) is 0 Å². The largest absolute Gasteiger partial charge is 0.434 e. The number of rotatable bonds is 4. The van der Waals surface area contributed by atoms with Gasteiger partial charge in [0.2, 0.25) is 0 Å². The van der Waals surface area contributed by atoms with Crippen molar-refractivity contribution in [3.05, 3.63) is 35.6 Å². The molecule has 0 bridgehead atoms. The Kier molecular flexibility index (Phi) is 4.77. The van der Waals surface area contributed by atoms with Crippen molar-refractivity contribution >= 4 is 15.9 Å². The first kappa shape index (κ1) is 10.4. The van der Waals surface area contributed by atoms with Crippen LogP contribution in [0.5, 0.6) is 0 Å². The summed E-state index contributed by atoms with van der Waals surface area (Å²) in [7, 11) is 0. The predicted molar refractivity (Wildman–Crippen MR) is 43.4 cm³/mol. The Morgan fingerprint density at radius 2 is 2.09 bits per heavy atom. The van der Waals surface area contributed by atoms with Crippen LogP contribution >= 0.6 is 15.9 Å². The molecule has 0 aromatic heterocycles. The van der Waals surface area contributed by atoms with Gasteiger partial charge in [-0.3, -0.25) is 0 Å². The fraction of sp³-hybridized carbons (Fsp3) is 0.143. The van der Waals surface area contributed by atoms with E-state index in [0.717, 1.165) is 0 Å². The van der Waals surface area contributed by atoms with E-state index in [4.69, 9.17) is 0 Å². The van der Waals surface area contributed by atoms with Gasteiger partial charge < -0.3 is 4.74 Å². The minimum absolute atomic E-state index is 0.0185. The third-order valence-electron chi connectivity index (χ3n) is 0.753. The van der Waals surface area contributed by atoms with Gasteiger partial charge in [0.05, 0.1) is 4.48 Å². The number of hydrogen-bond acceptors (Lipinski definition) is 1. The quantitative estimate of drug-likeness (QED) is 0.527. The summed E-state index contributed by atoms with van der Waals surface area (Å²) >= 11 is 2.90. The molecule has 0 saturated heterocycles. The van der Waals surface area contributed by atoms with Gasteiger partial charge in [-0.15, -0.1) is 0 Å². The summed E-state index contributed by atoms with van der Waals surface area (Å²) in [6, 6.07) is 0. The van der Waals surface area contributed by atoms with Crippen LogP contribution < -0.4 is 0 Å². The molecule has 0 atom stereocenters. The number of alkyl halides is 2. The second-order valence-corrected chi connectivity index (χ2v) is 2.51. The molecule has 0 aliphatic rings. The molecular formula is C7H7BrF2O. The van der Waals surface area contributed by atoms with E-state index in [0.29, 0.717) is 0 Å². The zero-order valence-electron chi connectivity index (χ0n) is 5.69. The molecule has 4 heteroatoms. The van der Waals surface area contributed by atoms with E-state index in [1.807, 2.05) is 0 Å². The first-order valence-electron chi connectivity index (χ1n) is 2.70. The molecule has 11 heavy (non-hydrogen) atoms. The van der Waals surface area contributed by atoms with E-state index < -0.39 is 6.61 Å². The van der Waals surface area contributed by atoms with Crippen molar-refractivity contribution in [1.29, 1.82) is 0 Å². The molecule has 0 rings (SSSR count). The molecule has 0 spiro atoms. The molecule has 0 fully saturated rings. The fourth-order valence-corrected chi connectivity index (χ4v) is 0.622. The highest BCUT2D eigenvalue weighted by Gasteiger charge is 2.07. The molecule has 0 aromatic carbocycles. The second kappa shape index (κ2) is 5.07. The Hall–Kier alpha value is -0.640. The average Bonchev–Trinajstić information content (AvgIpc) is 1.86. The van der Waals surface area contributed by atoms with Crippen LogP contribution in [0.1, 0.15) is 0 Å². The molecular weight excluding hydrogens is 218 g/mol. The van der Waals surface area contributed by atoms with Crippen LogP contribution in [0.4, 0.5) is 8.78 Å². The molecule has 0 aliphatic carbocycles. The van der Waals surface area contributed by atoms with Crippen molar-refractivity contribution < 1.29 is 13.5 Å². The van der Waals surface area contributed by atoms with Crippen LogP contribution in [0.15, 0.2) is 35.6 Å². The van der Waals surface area contributed by atoms with Gasteiger partial charge in [-0.25, -0.2) is 0 Å². The summed E-state index contributed by atoms with van der Waals surface area (Å²) in [5.74, 6) is -0.0185. The zero-order chi connectivity index (χ0) is 8.85. The average molecular weight is 225 g/mol. The lowest BCUT2D eigenvalue weighted by Gasteiger charge is -2.05. The minimum atomic E-state index is -2.84. The topological polar surface area (TPSA) is 9.23 Å². The van der Waals surface area contributed by atoms with Gasteiger partial charge in [0.15, 0.2) is 0 Å². The van der Waals surface area contributed by atoms with Crippen LogP contribution in [0, 0.1) is 0 Å². The highest BCUT2D eigenvalue weighted by Crippen LogP contribution is 2.18. The molecule has 0 radical (unpaired) electrons. The summed E-state index contributed by atoms with van der Waals surface area (Å²) < 4.78 is 27.5. The maximum absolute atomic E-state index is 11.6. The summed E-state index contributed by atoms with van der Waals surface area (Å²) in [5, 5.41) is 0. The van der Waals surface area contributed by atoms with Crippen molar-refractivity contribution in [3.63, 3.8) is 0 Å². The van der Waals surface area contributed by atoms with Crippen LogP contribution in [0.25, 0.3) is 0 Å². The molecule has 0 unspecified atom stereocenters. The fourth-order valence-electron chi connectivity index (χ4n) is 0.397. The van der Waals surface area contributed by atoms with Gasteiger partial charge in [0.1, 0.15) is 5.76 Å². The number of halogens is 3. The predicted octanol–water partition coefficient (Wildman–Crippen LogP) is 3.20. The highest BCUT2D eigenvalue weighted by atomic mass is 79.9. The summed E-state index contributed by atoms with van der Waals surface area (Å²) in [4.78, 5) is 0. The Bertz CT molecular complexity index is 187. The monoisotopic (exact) mass is 224 g/mol. The standard InChI is InChI=1S/C7H7BrF2O/c1-3-4-6(5(2)8)11-7(9)10/h3-4,7H,1-2H2/b6-4+. The van der Waals surface area contributed by atoms with Crippen LogP contribution in [-0.4, -0.2) is 6.61 Å². The van der Waals surface area contributed by atoms with Crippen molar-refractivity contribution in [3.8, 4) is 0 Å². The Balaban J connectivity index is 4.23. The molecule has 0 heterocycles. The molecule has 0 amide bonds. The normalized spacial score (nSPS) is 11.5. The first-order chi connectivity index (χ1) is 5.07. The van der Waals surface area contributed by atoms with E-state index in [1.165, 1.54) is 12.2 Å². The third kappa shape index (κ3) is 4.72. The van der Waals surface area contributed by atoms with Gasteiger partial charge in [-0.2, -0.15) is 8.78 Å². The smallest absolute Gasteiger partial charge is 0.387 e. The van der Waals surface area contributed by atoms with E-state index in [9.17, 15) is 8.78 Å². The third-order valence-corrected chi connectivity index (χ3v) is 1.14. The molecule has 62 valence electrons. The van der Waals surface area contributed by atoms with Crippen LogP contribution in [0.2, 0.25) is 0 Å². The van der Waals surface area contributed by atoms with Gasteiger partial charge in [0.25, 0.3) is 0 Å². The Labute approximate surface area is 72.2 Å². The molecule has 0 aliphatic heterocycles. The maximum Gasteiger partial charge on any atom is 0.387 e. The van der Waals surface area contributed by atoms with Crippen LogP contribution in [0.3, 0.4) is 0 Å². The SMILES string of the molecule is C=C/C=C(/OC(F)F)C(=C)Br. The number of allylic oxidation sites excluding steroid dienone is 3. The lowest BCUT2D eigenvalue weighted by molar-refractivity contribution is -0.0922. The lowest BCUT2D eigenvalue weighted by Crippen LogP contribution is -1.98. The lowest BCUT2D eigenvalue weighted by atomic mass is 10.4. The zero-order valence-corrected chi connectivity index (χ0v) is 7.27. The van der Waals surface area contributed by atoms with Crippen molar-refractivity contribution in [1.82, 2.24) is 0 Å². The van der Waals surface area contributed by atoms with E-state index in [1.54, 1.807) is 0 Å². The van der Waals surface area contributed by atoms with E-state index in [2.05, 4.69) is 33.8 Å². The van der Waals surface area contributed by atoms with Gasteiger partial charge in [-0.1, -0.05) is 19.2 Å². The first-order valence-corrected chi connectivity index (χ1v) is 3.49. The molecule has 0 N–H and O–H groups in total. The minimum Gasteiger partial charge on any atom is -0.434 e. The second-order valence-electron chi connectivity index (χ2n) is 1.55. The van der Waals surface area contributed by atoms with Crippen molar-refractivity contribution in [2.24, 2.45) is 0 Å². The molecule has 1 nitrogen and oxygen atoms in total. The van der Waals surface area contributed by atoms with Crippen molar-refractivity contribution in [2.45, 2.75) is 6.61 Å². The van der Waals surface area contributed by atoms with Crippen molar-refractivity contribution in [2.75, 3.05) is 0 Å². The van der Waals surface area contributed by atoms with E-state index >= 15 is 0 Å². The summed E-state index contributed by atoms with van der Waals surface area (Å²) in [6.07, 6.45) is 2.63. The van der Waals surface area contributed by atoms with E-state index in [-0.39, 0.29) is 10.2 Å². The Morgan fingerprint density at radius 3 is 2.36 bits per heavy atom. The molecule has 0 saturated carbocycles. The van der Waals surface area contributed by atoms with Gasteiger partial charge >= 0.3 is 6.61 Å². The highest BCUT2D eigenvalue weighted by molar-refractivity contribution is 9.11. The van der Waals surface area contributed by atoms with Gasteiger partial charge in [-0.05, 0) is 22.0 Å². The maximum atomic E-state index is 11.6.